The first-order valence-electron chi connectivity index (χ1n) is 6.63. The standard InChI is InChI=1S/C14H22N2O4/c1-11-14(20-10-4-7-15(2)3)12(17)5-8-16(11)9-6-13(18)19/h5,8H,4,6-7,9-10H2,1-3H3,(H,18,19)/p+1. The molecule has 2 N–H and O–H groups in total. The molecule has 0 radical (unpaired) electrons. The Morgan fingerprint density at radius 3 is 2.75 bits per heavy atom. The number of aliphatic carboxylic acids is 1. The van der Waals surface area contributed by atoms with Crippen LogP contribution in [0.25, 0.3) is 0 Å². The van der Waals surface area contributed by atoms with Gasteiger partial charge < -0.3 is 19.8 Å². The molecule has 0 saturated carbocycles. The Hall–Kier alpha value is -1.82. The molecule has 20 heavy (non-hydrogen) atoms. The number of aryl methyl sites for hydroxylation is 1. The van der Waals surface area contributed by atoms with Gasteiger partial charge in [0.05, 0.1) is 6.61 Å². The number of pyridine rings is 1. The van der Waals surface area contributed by atoms with Crippen molar-refractivity contribution < 1.29 is 24.3 Å². The number of carboxylic acids is 1. The van der Waals surface area contributed by atoms with E-state index in [9.17, 15) is 9.90 Å². The Bertz CT molecular complexity index is 461. The van der Waals surface area contributed by atoms with Crippen LogP contribution in [-0.2, 0) is 11.3 Å². The highest BCUT2D eigenvalue weighted by atomic mass is 16.5. The number of ether oxygens (including phenoxy) is 1. The number of aromatic nitrogens is 1. The Labute approximate surface area is 119 Å². The van der Waals surface area contributed by atoms with Crippen molar-refractivity contribution in [1.82, 2.24) is 4.90 Å². The van der Waals surface area contributed by atoms with Gasteiger partial charge in [-0.05, 0) is 20.5 Å². The molecule has 0 saturated heterocycles. The van der Waals surface area contributed by atoms with Gasteiger partial charge in [-0.2, -0.15) is 4.57 Å². The number of carbonyl (C=O) groups is 1. The Balaban J connectivity index is 2.68. The van der Waals surface area contributed by atoms with Gasteiger partial charge in [0.25, 0.3) is 0 Å². The summed E-state index contributed by atoms with van der Waals surface area (Å²) in [6.07, 6.45) is 2.56. The van der Waals surface area contributed by atoms with Gasteiger partial charge in [-0.25, -0.2) is 0 Å². The Morgan fingerprint density at radius 1 is 1.45 bits per heavy atom. The maximum absolute atomic E-state index is 10.6. The minimum Gasteiger partial charge on any atom is -0.504 e. The van der Waals surface area contributed by atoms with Gasteiger partial charge in [-0.15, -0.1) is 0 Å². The maximum Gasteiger partial charge on any atom is 0.309 e. The van der Waals surface area contributed by atoms with E-state index >= 15 is 0 Å². The molecule has 0 spiro atoms. The molecule has 6 nitrogen and oxygen atoms in total. The lowest BCUT2D eigenvalue weighted by Crippen LogP contribution is -2.38. The van der Waals surface area contributed by atoms with E-state index in [1.165, 1.54) is 6.07 Å². The van der Waals surface area contributed by atoms with Crippen LogP contribution in [0.5, 0.6) is 11.5 Å². The third kappa shape index (κ3) is 5.05. The summed E-state index contributed by atoms with van der Waals surface area (Å²) in [5.74, 6) is -0.339. The zero-order chi connectivity index (χ0) is 15.1. The molecule has 112 valence electrons. The maximum atomic E-state index is 10.6. The summed E-state index contributed by atoms with van der Waals surface area (Å²) in [5, 5.41) is 18.6. The second kappa shape index (κ2) is 7.69. The van der Waals surface area contributed by atoms with E-state index in [2.05, 4.69) is 4.90 Å². The summed E-state index contributed by atoms with van der Waals surface area (Å²) in [6, 6.07) is 1.52. The highest BCUT2D eigenvalue weighted by molar-refractivity contribution is 5.66. The number of aromatic hydroxyl groups is 1. The fourth-order valence-electron chi connectivity index (χ4n) is 1.86. The zero-order valence-corrected chi connectivity index (χ0v) is 12.3. The smallest absolute Gasteiger partial charge is 0.309 e. The molecule has 6 heteroatoms. The van der Waals surface area contributed by atoms with Crippen molar-refractivity contribution in [3.05, 3.63) is 18.0 Å². The lowest BCUT2D eigenvalue weighted by molar-refractivity contribution is -0.702. The van der Waals surface area contributed by atoms with Crippen molar-refractivity contribution in [2.24, 2.45) is 0 Å². The number of nitrogens with zero attached hydrogens (tertiary/aromatic N) is 2. The van der Waals surface area contributed by atoms with Gasteiger partial charge in [0.2, 0.25) is 11.4 Å². The fraction of sp³-hybridized carbons (Fsp3) is 0.571. The summed E-state index contributed by atoms with van der Waals surface area (Å²) in [6.45, 7) is 3.58. The molecular weight excluding hydrogens is 260 g/mol. The van der Waals surface area contributed by atoms with Crippen LogP contribution >= 0.6 is 0 Å². The summed E-state index contributed by atoms with van der Waals surface area (Å²) in [4.78, 5) is 12.7. The molecule has 0 aliphatic carbocycles. The van der Waals surface area contributed by atoms with E-state index in [1.54, 1.807) is 10.8 Å². The Morgan fingerprint density at radius 2 is 2.15 bits per heavy atom. The molecule has 1 aromatic rings. The van der Waals surface area contributed by atoms with Crippen molar-refractivity contribution in [2.45, 2.75) is 26.3 Å². The predicted octanol–water partition coefficient (Wildman–Crippen LogP) is 0.793. The molecule has 1 heterocycles. The first kappa shape index (κ1) is 16.2. The largest absolute Gasteiger partial charge is 0.504 e. The van der Waals surface area contributed by atoms with Crippen LogP contribution < -0.4 is 9.30 Å². The molecule has 0 amide bonds. The normalized spacial score (nSPS) is 10.8. The van der Waals surface area contributed by atoms with Gasteiger partial charge in [0.15, 0.2) is 18.5 Å². The van der Waals surface area contributed by atoms with E-state index in [-0.39, 0.29) is 12.2 Å². The van der Waals surface area contributed by atoms with E-state index in [1.807, 2.05) is 21.0 Å². The van der Waals surface area contributed by atoms with Crippen molar-refractivity contribution >= 4 is 5.97 Å². The van der Waals surface area contributed by atoms with Crippen molar-refractivity contribution in [1.29, 1.82) is 0 Å². The first-order valence-corrected chi connectivity index (χ1v) is 6.63. The monoisotopic (exact) mass is 283 g/mol. The molecule has 0 bridgehead atoms. The molecule has 1 rings (SSSR count). The van der Waals surface area contributed by atoms with Gasteiger partial charge in [0.1, 0.15) is 6.42 Å². The molecule has 0 unspecified atom stereocenters. The van der Waals surface area contributed by atoms with Crippen LogP contribution in [0.1, 0.15) is 18.5 Å². The molecule has 0 fully saturated rings. The van der Waals surface area contributed by atoms with E-state index < -0.39 is 5.97 Å². The molecule has 1 aromatic heterocycles. The average molecular weight is 283 g/mol. The summed E-state index contributed by atoms with van der Waals surface area (Å²) >= 11 is 0. The second-order valence-corrected chi connectivity index (χ2v) is 4.96. The third-order valence-electron chi connectivity index (χ3n) is 2.97. The minimum atomic E-state index is -0.849. The number of rotatable bonds is 8. The molecule has 0 aliphatic heterocycles. The number of hydrogen-bond acceptors (Lipinski definition) is 4. The first-order chi connectivity index (χ1) is 9.41. The van der Waals surface area contributed by atoms with Crippen molar-refractivity contribution in [2.75, 3.05) is 27.2 Å². The van der Waals surface area contributed by atoms with Crippen molar-refractivity contribution in [3.63, 3.8) is 0 Å². The molecular formula is C14H23N2O4+. The minimum absolute atomic E-state index is 0.0380. The van der Waals surface area contributed by atoms with Crippen LogP contribution in [0, 0.1) is 6.92 Å². The summed E-state index contributed by atoms with van der Waals surface area (Å²) < 4.78 is 7.39. The number of hydrogen-bond donors (Lipinski definition) is 2. The van der Waals surface area contributed by atoms with E-state index in [4.69, 9.17) is 9.84 Å². The van der Waals surface area contributed by atoms with Crippen LogP contribution in [0.3, 0.4) is 0 Å². The van der Waals surface area contributed by atoms with Gasteiger partial charge >= 0.3 is 5.97 Å². The van der Waals surface area contributed by atoms with Gasteiger partial charge in [0, 0.05) is 19.5 Å². The highest BCUT2D eigenvalue weighted by Gasteiger charge is 2.18. The number of carboxylic acid groups (broad SMARTS) is 1. The van der Waals surface area contributed by atoms with E-state index in [0.29, 0.717) is 18.9 Å². The lowest BCUT2D eigenvalue weighted by atomic mass is 10.3. The fourth-order valence-corrected chi connectivity index (χ4v) is 1.86. The van der Waals surface area contributed by atoms with E-state index in [0.717, 1.165) is 18.7 Å². The van der Waals surface area contributed by atoms with Crippen LogP contribution in [0.15, 0.2) is 12.3 Å². The third-order valence-corrected chi connectivity index (χ3v) is 2.97. The predicted molar refractivity (Wildman–Crippen MR) is 74.0 cm³/mol. The SMILES string of the molecule is Cc1c(OCCCN(C)C)c(O)cc[n+]1CCC(=O)O. The van der Waals surface area contributed by atoms with Crippen LogP contribution in [-0.4, -0.2) is 48.3 Å². The summed E-state index contributed by atoms with van der Waals surface area (Å²) in [5.41, 5.74) is 0.733. The molecule has 0 atom stereocenters. The Kier molecular flexibility index (Phi) is 6.24. The van der Waals surface area contributed by atoms with Gasteiger partial charge in [-0.1, -0.05) is 0 Å². The second-order valence-electron chi connectivity index (χ2n) is 4.96. The molecule has 0 aliphatic rings. The lowest BCUT2D eigenvalue weighted by Gasteiger charge is -2.12. The topological polar surface area (TPSA) is 73.9 Å². The van der Waals surface area contributed by atoms with Crippen LogP contribution in [0.2, 0.25) is 0 Å². The molecule has 0 aromatic carbocycles. The average Bonchev–Trinajstić information content (AvgIpc) is 2.36. The summed E-state index contributed by atoms with van der Waals surface area (Å²) in [7, 11) is 3.98. The van der Waals surface area contributed by atoms with Gasteiger partial charge in [-0.3, -0.25) is 4.79 Å². The highest BCUT2D eigenvalue weighted by Crippen LogP contribution is 2.26. The van der Waals surface area contributed by atoms with Crippen LogP contribution in [0.4, 0.5) is 0 Å². The quantitative estimate of drug-likeness (QED) is 0.545. The zero-order valence-electron chi connectivity index (χ0n) is 12.3. The van der Waals surface area contributed by atoms with Crippen molar-refractivity contribution in [3.8, 4) is 11.5 Å².